The molecule has 0 radical (unpaired) electrons. The van der Waals surface area contributed by atoms with Gasteiger partial charge in [-0.25, -0.2) is 18.7 Å². The summed E-state index contributed by atoms with van der Waals surface area (Å²) in [5.74, 6) is 0.267. The number of H-pyrrole nitrogens is 1. The fourth-order valence-corrected chi connectivity index (χ4v) is 1.99. The maximum Gasteiger partial charge on any atom is 0.273 e. The number of primary sulfonamides is 1. The van der Waals surface area contributed by atoms with Gasteiger partial charge in [-0.3, -0.25) is 0 Å². The summed E-state index contributed by atoms with van der Waals surface area (Å²) >= 11 is 5.82. The van der Waals surface area contributed by atoms with Crippen molar-refractivity contribution in [2.24, 2.45) is 5.14 Å². The van der Waals surface area contributed by atoms with Gasteiger partial charge in [0.05, 0.1) is 0 Å². The van der Waals surface area contributed by atoms with E-state index in [1.54, 1.807) is 18.2 Å². The highest BCUT2D eigenvalue weighted by molar-refractivity contribution is 7.89. The van der Waals surface area contributed by atoms with Crippen molar-refractivity contribution in [3.05, 3.63) is 28.8 Å². The van der Waals surface area contributed by atoms with Crippen LogP contribution in [0.25, 0.3) is 11.4 Å². The molecule has 6 nitrogen and oxygen atoms in total. The highest BCUT2D eigenvalue weighted by atomic mass is 35.5. The molecule has 2 aromatic rings. The molecule has 8 heteroatoms. The zero-order valence-electron chi connectivity index (χ0n) is 8.81. The van der Waals surface area contributed by atoms with Gasteiger partial charge in [0.1, 0.15) is 0 Å². The van der Waals surface area contributed by atoms with Crippen LogP contribution in [0.1, 0.15) is 5.56 Å². The summed E-state index contributed by atoms with van der Waals surface area (Å²) in [6.45, 7) is 1.83. The van der Waals surface area contributed by atoms with E-state index in [-0.39, 0.29) is 11.0 Å². The SMILES string of the molecule is Cc1cc(Cl)ccc1-c1n[nH]c(S(N)(=O)=O)n1. The number of rotatable bonds is 2. The van der Waals surface area contributed by atoms with Crippen molar-refractivity contribution >= 4 is 21.6 Å². The summed E-state index contributed by atoms with van der Waals surface area (Å²) in [6.07, 6.45) is 0. The molecule has 90 valence electrons. The molecule has 0 saturated heterocycles. The molecule has 17 heavy (non-hydrogen) atoms. The molecule has 0 fully saturated rings. The quantitative estimate of drug-likeness (QED) is 0.854. The molecule has 0 unspecified atom stereocenters. The Morgan fingerprint density at radius 2 is 2.12 bits per heavy atom. The maximum atomic E-state index is 11.0. The molecule has 0 aliphatic rings. The van der Waals surface area contributed by atoms with Crippen molar-refractivity contribution < 1.29 is 8.42 Å². The van der Waals surface area contributed by atoms with Crippen LogP contribution in [0.5, 0.6) is 0 Å². The van der Waals surface area contributed by atoms with Crippen LogP contribution in [0, 0.1) is 6.92 Å². The predicted molar refractivity (Wildman–Crippen MR) is 62.9 cm³/mol. The largest absolute Gasteiger partial charge is 0.273 e. The van der Waals surface area contributed by atoms with Crippen LogP contribution in [-0.4, -0.2) is 23.6 Å². The van der Waals surface area contributed by atoms with E-state index in [0.717, 1.165) is 5.56 Å². The van der Waals surface area contributed by atoms with E-state index < -0.39 is 10.0 Å². The van der Waals surface area contributed by atoms with Crippen molar-refractivity contribution in [2.75, 3.05) is 0 Å². The summed E-state index contributed by atoms with van der Waals surface area (Å²) in [5.41, 5.74) is 1.54. The van der Waals surface area contributed by atoms with E-state index in [4.69, 9.17) is 16.7 Å². The van der Waals surface area contributed by atoms with Crippen molar-refractivity contribution in [3.63, 3.8) is 0 Å². The monoisotopic (exact) mass is 272 g/mol. The Kier molecular flexibility index (Phi) is 2.90. The summed E-state index contributed by atoms with van der Waals surface area (Å²) in [5, 5.41) is 11.2. The third kappa shape index (κ3) is 2.46. The number of hydrogen-bond acceptors (Lipinski definition) is 4. The Morgan fingerprint density at radius 3 is 2.65 bits per heavy atom. The Hall–Kier alpha value is -1.44. The number of nitrogens with zero attached hydrogens (tertiary/aromatic N) is 2. The van der Waals surface area contributed by atoms with Gasteiger partial charge in [-0.1, -0.05) is 11.6 Å². The van der Waals surface area contributed by atoms with Crippen LogP contribution < -0.4 is 5.14 Å². The molecule has 0 amide bonds. The van der Waals surface area contributed by atoms with Gasteiger partial charge in [0.25, 0.3) is 15.2 Å². The zero-order chi connectivity index (χ0) is 12.6. The van der Waals surface area contributed by atoms with Crippen LogP contribution in [0.4, 0.5) is 0 Å². The molecular weight excluding hydrogens is 264 g/mol. The first-order valence-corrected chi connectivity index (χ1v) is 6.52. The van der Waals surface area contributed by atoms with E-state index in [2.05, 4.69) is 15.2 Å². The second-order valence-electron chi connectivity index (χ2n) is 3.47. The Morgan fingerprint density at radius 1 is 1.41 bits per heavy atom. The van der Waals surface area contributed by atoms with Gasteiger partial charge in [0, 0.05) is 10.6 Å². The highest BCUT2D eigenvalue weighted by Gasteiger charge is 2.15. The minimum atomic E-state index is -3.87. The Bertz CT molecular complexity index is 665. The smallest absolute Gasteiger partial charge is 0.248 e. The zero-order valence-corrected chi connectivity index (χ0v) is 10.4. The van der Waals surface area contributed by atoms with E-state index >= 15 is 0 Å². The van der Waals surface area contributed by atoms with Gasteiger partial charge < -0.3 is 0 Å². The maximum absolute atomic E-state index is 11.0. The lowest BCUT2D eigenvalue weighted by atomic mass is 10.1. The molecule has 0 aliphatic carbocycles. The molecule has 0 bridgehead atoms. The van der Waals surface area contributed by atoms with Gasteiger partial charge >= 0.3 is 0 Å². The second kappa shape index (κ2) is 4.10. The van der Waals surface area contributed by atoms with E-state index in [1.807, 2.05) is 6.92 Å². The molecule has 1 heterocycles. The average Bonchev–Trinajstić information content (AvgIpc) is 2.65. The van der Waals surface area contributed by atoms with Crippen molar-refractivity contribution in [3.8, 4) is 11.4 Å². The first kappa shape index (κ1) is 12.0. The molecule has 2 rings (SSSR count). The standard InChI is InChI=1S/C9H9ClN4O2S/c1-5-4-6(10)2-3-7(5)8-12-9(14-13-8)17(11,15)16/h2-4H,1H3,(H2,11,15,16)(H,12,13,14). The van der Waals surface area contributed by atoms with Gasteiger partial charge in [0.2, 0.25) is 0 Å². The van der Waals surface area contributed by atoms with Crippen molar-refractivity contribution in [1.29, 1.82) is 0 Å². The Balaban J connectivity index is 2.51. The lowest BCUT2D eigenvalue weighted by molar-refractivity contribution is 0.589. The Labute approximate surface area is 103 Å². The minimum absolute atomic E-state index is 0.267. The summed E-state index contributed by atoms with van der Waals surface area (Å²) in [4.78, 5) is 3.82. The highest BCUT2D eigenvalue weighted by Crippen LogP contribution is 2.23. The first-order chi connectivity index (χ1) is 7.88. The van der Waals surface area contributed by atoms with E-state index in [1.165, 1.54) is 0 Å². The summed E-state index contributed by atoms with van der Waals surface area (Å²) < 4.78 is 22.1. The van der Waals surface area contributed by atoms with Crippen LogP contribution >= 0.6 is 11.6 Å². The molecule has 1 aromatic heterocycles. The molecular formula is C9H9ClN4O2S. The van der Waals surface area contributed by atoms with E-state index in [9.17, 15) is 8.42 Å². The second-order valence-corrected chi connectivity index (χ2v) is 5.38. The first-order valence-electron chi connectivity index (χ1n) is 4.59. The van der Waals surface area contributed by atoms with Gasteiger partial charge in [0.15, 0.2) is 5.82 Å². The van der Waals surface area contributed by atoms with Crippen LogP contribution in [-0.2, 0) is 10.0 Å². The fourth-order valence-electron chi connectivity index (χ4n) is 1.37. The molecule has 1 aromatic carbocycles. The number of nitrogens with one attached hydrogen (secondary N) is 1. The number of sulfonamides is 1. The van der Waals surface area contributed by atoms with Crippen molar-refractivity contribution in [2.45, 2.75) is 12.1 Å². The fraction of sp³-hybridized carbons (Fsp3) is 0.111. The van der Waals surface area contributed by atoms with Crippen molar-refractivity contribution in [1.82, 2.24) is 15.2 Å². The third-order valence-corrected chi connectivity index (χ3v) is 3.12. The van der Waals surface area contributed by atoms with Gasteiger partial charge in [-0.05, 0) is 30.7 Å². The molecule has 0 saturated carbocycles. The number of aromatic amines is 1. The number of halogens is 1. The number of nitrogens with two attached hydrogens (primary N) is 1. The normalized spacial score (nSPS) is 11.7. The number of aromatic nitrogens is 3. The number of aryl methyl sites for hydroxylation is 1. The summed E-state index contributed by atoms with van der Waals surface area (Å²) in [7, 11) is -3.87. The number of hydrogen-bond donors (Lipinski definition) is 2. The predicted octanol–water partition coefficient (Wildman–Crippen LogP) is 1.08. The third-order valence-electron chi connectivity index (χ3n) is 2.16. The topological polar surface area (TPSA) is 102 Å². The average molecular weight is 273 g/mol. The van der Waals surface area contributed by atoms with Crippen LogP contribution in [0.3, 0.4) is 0 Å². The van der Waals surface area contributed by atoms with Crippen LogP contribution in [0.2, 0.25) is 5.02 Å². The lowest BCUT2D eigenvalue weighted by Crippen LogP contribution is -2.13. The molecule has 0 atom stereocenters. The van der Waals surface area contributed by atoms with Gasteiger partial charge in [-0.15, -0.1) is 0 Å². The number of benzene rings is 1. The van der Waals surface area contributed by atoms with Gasteiger partial charge in [-0.2, -0.15) is 10.1 Å². The lowest BCUT2D eigenvalue weighted by Gasteiger charge is -2.00. The minimum Gasteiger partial charge on any atom is -0.248 e. The molecule has 0 aliphatic heterocycles. The molecule has 3 N–H and O–H groups in total. The molecule has 0 spiro atoms. The van der Waals surface area contributed by atoms with E-state index in [0.29, 0.717) is 10.6 Å². The summed E-state index contributed by atoms with van der Waals surface area (Å²) in [6, 6.07) is 5.13. The van der Waals surface area contributed by atoms with Crippen LogP contribution in [0.15, 0.2) is 23.4 Å².